The molecule has 0 aliphatic carbocycles. The second-order valence-electron chi connectivity index (χ2n) is 5.38. The molecule has 0 bridgehead atoms. The van der Waals surface area contributed by atoms with Gasteiger partial charge in [0.1, 0.15) is 29.5 Å². The molecule has 4 aromatic rings. The summed E-state index contributed by atoms with van der Waals surface area (Å²) in [5.74, 6) is -0.0868. The molecule has 0 radical (unpaired) electrons. The number of halogens is 2. The summed E-state index contributed by atoms with van der Waals surface area (Å²) in [7, 11) is 0. The van der Waals surface area contributed by atoms with Crippen LogP contribution in [-0.4, -0.2) is 29.5 Å². The van der Waals surface area contributed by atoms with E-state index in [9.17, 15) is 4.39 Å². The first-order valence-corrected chi connectivity index (χ1v) is 7.89. The van der Waals surface area contributed by atoms with Gasteiger partial charge in [0.2, 0.25) is 0 Å². The van der Waals surface area contributed by atoms with Crippen LogP contribution in [0.1, 0.15) is 16.8 Å². The van der Waals surface area contributed by atoms with Gasteiger partial charge < -0.3 is 0 Å². The molecule has 0 aliphatic rings. The molecule has 4 rings (SSSR count). The Morgan fingerprint density at radius 3 is 2.81 bits per heavy atom. The highest BCUT2D eigenvalue weighted by molar-refractivity contribution is 6.30. The van der Waals surface area contributed by atoms with Crippen molar-refractivity contribution in [1.82, 2.24) is 29.5 Å². The summed E-state index contributed by atoms with van der Waals surface area (Å²) in [5.41, 5.74) is 2.08. The van der Waals surface area contributed by atoms with Gasteiger partial charge in [0.15, 0.2) is 16.6 Å². The molecule has 26 heavy (non-hydrogen) atoms. The van der Waals surface area contributed by atoms with Gasteiger partial charge in [-0.25, -0.2) is 28.8 Å². The van der Waals surface area contributed by atoms with E-state index in [4.69, 9.17) is 16.9 Å². The second kappa shape index (κ2) is 6.46. The molecule has 7 nitrogen and oxygen atoms in total. The predicted octanol–water partition coefficient (Wildman–Crippen LogP) is 2.84. The Balaban J connectivity index is 1.84. The molecule has 0 N–H and O–H groups in total. The molecule has 0 spiro atoms. The van der Waals surface area contributed by atoms with Crippen LogP contribution in [-0.2, 0) is 6.42 Å². The molecular formula is C17H9ClFN7. The van der Waals surface area contributed by atoms with Crippen molar-refractivity contribution < 1.29 is 4.39 Å². The number of aromatic nitrogens is 6. The van der Waals surface area contributed by atoms with Crippen LogP contribution in [0.4, 0.5) is 4.39 Å². The molecule has 0 amide bonds. The van der Waals surface area contributed by atoms with Crippen LogP contribution < -0.4 is 0 Å². The van der Waals surface area contributed by atoms with E-state index in [1.54, 1.807) is 24.4 Å². The summed E-state index contributed by atoms with van der Waals surface area (Å²) in [4.78, 5) is 16.9. The third-order valence-electron chi connectivity index (χ3n) is 3.74. The minimum atomic E-state index is -0.324. The van der Waals surface area contributed by atoms with Gasteiger partial charge in [0, 0.05) is 6.42 Å². The van der Waals surface area contributed by atoms with E-state index in [0.717, 1.165) is 0 Å². The van der Waals surface area contributed by atoms with Gasteiger partial charge in [-0.2, -0.15) is 10.4 Å². The Labute approximate surface area is 151 Å². The number of hydrogen-bond acceptors (Lipinski definition) is 6. The van der Waals surface area contributed by atoms with Crippen LogP contribution in [0, 0.1) is 17.1 Å². The summed E-state index contributed by atoms with van der Waals surface area (Å²) in [6, 6.07) is 8.37. The van der Waals surface area contributed by atoms with Crippen molar-refractivity contribution in [2.24, 2.45) is 0 Å². The Hall–Kier alpha value is -3.44. The number of benzene rings is 1. The first kappa shape index (κ1) is 16.1. The molecule has 126 valence electrons. The zero-order valence-corrected chi connectivity index (χ0v) is 13.9. The standard InChI is InChI=1S/C17H9ClFN7/c18-15-11(6-20)7-21-16(25-15)14-8-26-17(22-9-23-26)13(24-14)5-10-3-1-2-4-12(10)19/h1-4,7-9H,5H2. The van der Waals surface area contributed by atoms with Crippen LogP contribution >= 0.6 is 11.6 Å². The fourth-order valence-corrected chi connectivity index (χ4v) is 2.67. The third-order valence-corrected chi connectivity index (χ3v) is 4.03. The lowest BCUT2D eigenvalue weighted by Gasteiger charge is -2.07. The molecule has 3 heterocycles. The second-order valence-corrected chi connectivity index (χ2v) is 5.74. The molecule has 0 unspecified atom stereocenters. The number of hydrogen-bond donors (Lipinski definition) is 0. The fraction of sp³-hybridized carbons (Fsp3) is 0.0588. The van der Waals surface area contributed by atoms with Crippen molar-refractivity contribution in [3.63, 3.8) is 0 Å². The highest BCUT2D eigenvalue weighted by Gasteiger charge is 2.15. The molecule has 3 aromatic heterocycles. The largest absolute Gasteiger partial charge is 0.244 e. The van der Waals surface area contributed by atoms with Gasteiger partial charge >= 0.3 is 0 Å². The normalized spacial score (nSPS) is 10.8. The lowest BCUT2D eigenvalue weighted by atomic mass is 10.1. The van der Waals surface area contributed by atoms with Crippen molar-refractivity contribution in [3.05, 3.63) is 70.8 Å². The van der Waals surface area contributed by atoms with Gasteiger partial charge in [0.05, 0.1) is 18.1 Å². The van der Waals surface area contributed by atoms with Gasteiger partial charge in [-0.15, -0.1) is 0 Å². The van der Waals surface area contributed by atoms with E-state index in [1.165, 1.54) is 23.1 Å². The average molecular weight is 366 g/mol. The topological polar surface area (TPSA) is 92.7 Å². The number of rotatable bonds is 3. The molecule has 1 aromatic carbocycles. The summed E-state index contributed by atoms with van der Waals surface area (Å²) >= 11 is 5.98. The van der Waals surface area contributed by atoms with E-state index in [0.29, 0.717) is 22.6 Å². The predicted molar refractivity (Wildman–Crippen MR) is 90.7 cm³/mol. The Kier molecular flexibility index (Phi) is 3.99. The third kappa shape index (κ3) is 2.85. The Morgan fingerprint density at radius 2 is 2.04 bits per heavy atom. The molecule has 9 heteroatoms. The summed E-state index contributed by atoms with van der Waals surface area (Å²) in [6.45, 7) is 0. The smallest absolute Gasteiger partial charge is 0.181 e. The average Bonchev–Trinajstić information content (AvgIpc) is 3.12. The highest BCUT2D eigenvalue weighted by atomic mass is 35.5. The van der Waals surface area contributed by atoms with Crippen molar-refractivity contribution >= 4 is 17.2 Å². The zero-order valence-electron chi connectivity index (χ0n) is 13.1. The SMILES string of the molecule is N#Cc1cnc(-c2cn3ncnc3c(Cc3ccccc3F)n2)nc1Cl. The minimum Gasteiger partial charge on any atom is -0.244 e. The monoisotopic (exact) mass is 365 g/mol. The lowest BCUT2D eigenvalue weighted by molar-refractivity contribution is 0.613. The van der Waals surface area contributed by atoms with Gasteiger partial charge in [-0.3, -0.25) is 0 Å². The van der Waals surface area contributed by atoms with E-state index in [-0.39, 0.29) is 28.8 Å². The quantitative estimate of drug-likeness (QED) is 0.518. The highest BCUT2D eigenvalue weighted by Crippen LogP contribution is 2.21. The van der Waals surface area contributed by atoms with E-state index < -0.39 is 0 Å². The maximum atomic E-state index is 14.0. The Morgan fingerprint density at radius 1 is 1.19 bits per heavy atom. The molecule has 0 fully saturated rings. The van der Waals surface area contributed by atoms with Crippen molar-refractivity contribution in [1.29, 1.82) is 5.26 Å². The molecular weight excluding hydrogens is 357 g/mol. The zero-order chi connectivity index (χ0) is 18.1. The van der Waals surface area contributed by atoms with E-state index in [2.05, 4.69) is 25.0 Å². The summed E-state index contributed by atoms with van der Waals surface area (Å²) in [5, 5.41) is 13.1. The van der Waals surface area contributed by atoms with Crippen molar-refractivity contribution in [3.8, 4) is 17.6 Å². The van der Waals surface area contributed by atoms with Crippen molar-refractivity contribution in [2.75, 3.05) is 0 Å². The lowest BCUT2D eigenvalue weighted by Crippen LogP contribution is -2.04. The maximum absolute atomic E-state index is 14.0. The van der Waals surface area contributed by atoms with Gasteiger partial charge in [0.25, 0.3) is 0 Å². The molecule has 0 saturated heterocycles. The van der Waals surface area contributed by atoms with Gasteiger partial charge in [-0.1, -0.05) is 29.8 Å². The number of nitrogens with zero attached hydrogens (tertiary/aromatic N) is 7. The maximum Gasteiger partial charge on any atom is 0.181 e. The van der Waals surface area contributed by atoms with Crippen LogP contribution in [0.2, 0.25) is 5.15 Å². The molecule has 0 atom stereocenters. The van der Waals surface area contributed by atoms with Crippen LogP contribution in [0.15, 0.2) is 43.0 Å². The number of nitriles is 1. The van der Waals surface area contributed by atoms with Crippen LogP contribution in [0.5, 0.6) is 0 Å². The van der Waals surface area contributed by atoms with E-state index >= 15 is 0 Å². The van der Waals surface area contributed by atoms with Crippen molar-refractivity contribution in [2.45, 2.75) is 6.42 Å². The first-order chi connectivity index (χ1) is 12.7. The summed E-state index contributed by atoms with van der Waals surface area (Å²) < 4.78 is 15.5. The fourth-order valence-electron chi connectivity index (χ4n) is 2.50. The van der Waals surface area contributed by atoms with Crippen LogP contribution in [0.3, 0.4) is 0 Å². The Bertz CT molecular complexity index is 1170. The number of fused-ring (bicyclic) bond motifs is 1. The van der Waals surface area contributed by atoms with Crippen LogP contribution in [0.25, 0.3) is 17.2 Å². The first-order valence-electron chi connectivity index (χ1n) is 7.51. The summed E-state index contributed by atoms with van der Waals surface area (Å²) in [6.07, 6.45) is 4.55. The van der Waals surface area contributed by atoms with Gasteiger partial charge in [-0.05, 0) is 11.6 Å². The minimum absolute atomic E-state index is 0.0358. The molecule has 0 aliphatic heterocycles. The van der Waals surface area contributed by atoms with E-state index in [1.807, 2.05) is 6.07 Å². The molecule has 0 saturated carbocycles.